The van der Waals surface area contributed by atoms with E-state index in [1.165, 1.54) is 0 Å². The Labute approximate surface area is 151 Å². The van der Waals surface area contributed by atoms with E-state index < -0.39 is 0 Å². The number of likely N-dealkylation sites (tertiary alicyclic amines) is 1. The van der Waals surface area contributed by atoms with Crippen molar-refractivity contribution in [2.24, 2.45) is 5.92 Å². The number of rotatable bonds is 6. The molecule has 1 aliphatic heterocycles. The molecule has 1 fully saturated rings. The van der Waals surface area contributed by atoms with Crippen LogP contribution in [0.15, 0.2) is 58.0 Å². The van der Waals surface area contributed by atoms with Gasteiger partial charge >= 0.3 is 0 Å². The van der Waals surface area contributed by atoms with Crippen LogP contribution in [0.1, 0.15) is 18.6 Å². The molecule has 2 heterocycles. The van der Waals surface area contributed by atoms with Gasteiger partial charge in [0.1, 0.15) is 5.76 Å². The summed E-state index contributed by atoms with van der Waals surface area (Å²) >= 11 is 1.55. The molecule has 25 heavy (non-hydrogen) atoms. The third-order valence-electron chi connectivity index (χ3n) is 4.34. The fourth-order valence-electron chi connectivity index (χ4n) is 2.88. The molecule has 0 aliphatic carbocycles. The van der Waals surface area contributed by atoms with Crippen LogP contribution in [-0.2, 0) is 16.1 Å². The maximum atomic E-state index is 12.3. The minimum absolute atomic E-state index is 0.0270. The van der Waals surface area contributed by atoms with Crippen molar-refractivity contribution in [3.8, 4) is 0 Å². The lowest BCUT2D eigenvalue weighted by atomic mass is 9.96. The van der Waals surface area contributed by atoms with Crippen molar-refractivity contribution in [2.75, 3.05) is 18.8 Å². The van der Waals surface area contributed by atoms with Crippen LogP contribution in [-0.4, -0.2) is 35.6 Å². The summed E-state index contributed by atoms with van der Waals surface area (Å²) in [7, 11) is 0. The van der Waals surface area contributed by atoms with Gasteiger partial charge in [0.15, 0.2) is 0 Å². The lowest BCUT2D eigenvalue weighted by Crippen LogP contribution is -2.43. The van der Waals surface area contributed by atoms with Crippen LogP contribution < -0.4 is 5.32 Å². The number of hydrogen-bond donors (Lipinski definition) is 1. The number of benzene rings is 1. The first-order valence-corrected chi connectivity index (χ1v) is 9.46. The lowest BCUT2D eigenvalue weighted by Gasteiger charge is -2.31. The molecule has 5 nitrogen and oxygen atoms in total. The first kappa shape index (κ1) is 17.6. The zero-order chi connectivity index (χ0) is 17.5. The molecule has 1 saturated heterocycles. The van der Waals surface area contributed by atoms with Crippen LogP contribution in [0.4, 0.5) is 0 Å². The molecule has 0 unspecified atom stereocenters. The van der Waals surface area contributed by atoms with Crippen LogP contribution in [0, 0.1) is 5.92 Å². The fourth-order valence-corrected chi connectivity index (χ4v) is 3.70. The summed E-state index contributed by atoms with van der Waals surface area (Å²) in [5.41, 5.74) is 0. The minimum atomic E-state index is -0.0270. The first-order valence-electron chi connectivity index (χ1n) is 8.48. The van der Waals surface area contributed by atoms with E-state index in [0.717, 1.165) is 10.7 Å². The smallest absolute Gasteiger partial charge is 0.232 e. The molecule has 0 spiro atoms. The van der Waals surface area contributed by atoms with Gasteiger partial charge in [-0.25, -0.2) is 0 Å². The van der Waals surface area contributed by atoms with E-state index in [9.17, 15) is 9.59 Å². The van der Waals surface area contributed by atoms with Gasteiger partial charge in [-0.2, -0.15) is 0 Å². The summed E-state index contributed by atoms with van der Waals surface area (Å²) in [6.45, 7) is 1.71. The summed E-state index contributed by atoms with van der Waals surface area (Å²) in [6, 6.07) is 13.6. The van der Waals surface area contributed by atoms with Gasteiger partial charge in [0.2, 0.25) is 11.8 Å². The number of amides is 2. The van der Waals surface area contributed by atoms with Crippen molar-refractivity contribution >= 4 is 23.6 Å². The summed E-state index contributed by atoms with van der Waals surface area (Å²) in [6.07, 6.45) is 3.02. The van der Waals surface area contributed by atoms with Crippen molar-refractivity contribution in [2.45, 2.75) is 24.3 Å². The molecule has 6 heteroatoms. The predicted octanol–water partition coefficient (Wildman–Crippen LogP) is 2.93. The molecule has 2 amide bonds. The van der Waals surface area contributed by atoms with Gasteiger partial charge < -0.3 is 14.6 Å². The maximum absolute atomic E-state index is 12.3. The maximum Gasteiger partial charge on any atom is 0.232 e. The van der Waals surface area contributed by atoms with E-state index in [0.29, 0.717) is 38.2 Å². The number of hydrogen-bond acceptors (Lipinski definition) is 4. The molecule has 0 saturated carbocycles. The second-order valence-electron chi connectivity index (χ2n) is 6.05. The van der Waals surface area contributed by atoms with Crippen LogP contribution >= 0.6 is 11.8 Å². The number of nitrogens with one attached hydrogen (secondary N) is 1. The van der Waals surface area contributed by atoms with E-state index in [2.05, 4.69) is 5.32 Å². The number of carbonyl (C=O) groups is 2. The van der Waals surface area contributed by atoms with E-state index in [1.807, 2.05) is 41.3 Å². The Hall–Kier alpha value is -2.21. The second kappa shape index (κ2) is 8.76. The van der Waals surface area contributed by atoms with Crippen LogP contribution in [0.3, 0.4) is 0 Å². The molecule has 132 valence electrons. The predicted molar refractivity (Wildman–Crippen MR) is 97.0 cm³/mol. The molecule has 3 rings (SSSR count). The zero-order valence-corrected chi connectivity index (χ0v) is 14.8. The second-order valence-corrected chi connectivity index (χ2v) is 7.10. The zero-order valence-electron chi connectivity index (χ0n) is 14.0. The molecule has 1 aromatic heterocycles. The summed E-state index contributed by atoms with van der Waals surface area (Å²) in [5, 5.41) is 2.91. The van der Waals surface area contributed by atoms with Crippen LogP contribution in [0.5, 0.6) is 0 Å². The quantitative estimate of drug-likeness (QED) is 0.807. The molecule has 1 aromatic carbocycles. The Balaban J connectivity index is 1.38. The molecule has 2 aromatic rings. The van der Waals surface area contributed by atoms with Gasteiger partial charge in [-0.3, -0.25) is 9.59 Å². The van der Waals surface area contributed by atoms with Gasteiger partial charge in [0.25, 0.3) is 0 Å². The largest absolute Gasteiger partial charge is 0.467 e. The fraction of sp³-hybridized carbons (Fsp3) is 0.368. The molecular formula is C19H22N2O3S. The van der Waals surface area contributed by atoms with Crippen LogP contribution in [0.25, 0.3) is 0 Å². The normalized spacial score (nSPS) is 15.1. The monoisotopic (exact) mass is 358 g/mol. The standard InChI is InChI=1S/C19H22N2O3S/c22-18(14-25-17-6-2-1-3-7-17)21-10-8-15(9-11-21)19(23)20-13-16-5-4-12-24-16/h1-7,12,15H,8-11,13-14H2,(H,20,23). The van der Waals surface area contributed by atoms with E-state index >= 15 is 0 Å². The minimum Gasteiger partial charge on any atom is -0.467 e. The molecule has 0 atom stereocenters. The third kappa shape index (κ3) is 5.13. The van der Waals surface area contributed by atoms with Crippen molar-refractivity contribution in [1.82, 2.24) is 10.2 Å². The van der Waals surface area contributed by atoms with Gasteiger partial charge in [-0.05, 0) is 37.1 Å². The average molecular weight is 358 g/mol. The van der Waals surface area contributed by atoms with Gasteiger partial charge in [-0.15, -0.1) is 11.8 Å². The molecule has 1 aliphatic rings. The topological polar surface area (TPSA) is 62.6 Å². The Morgan fingerprint density at radius 1 is 1.12 bits per heavy atom. The Morgan fingerprint density at radius 2 is 1.88 bits per heavy atom. The number of carbonyl (C=O) groups excluding carboxylic acids is 2. The summed E-state index contributed by atoms with van der Waals surface area (Å²) in [5.74, 6) is 1.35. The van der Waals surface area contributed by atoms with Gasteiger partial charge in [0.05, 0.1) is 18.6 Å². The van der Waals surface area contributed by atoms with Crippen molar-refractivity contribution < 1.29 is 14.0 Å². The highest BCUT2D eigenvalue weighted by Crippen LogP contribution is 2.21. The molecule has 0 radical (unpaired) electrons. The van der Waals surface area contributed by atoms with E-state index in [4.69, 9.17) is 4.42 Å². The van der Waals surface area contributed by atoms with Gasteiger partial charge in [-0.1, -0.05) is 18.2 Å². The Bertz CT molecular complexity index is 680. The number of piperidine rings is 1. The highest BCUT2D eigenvalue weighted by Gasteiger charge is 2.27. The van der Waals surface area contributed by atoms with Crippen molar-refractivity contribution in [3.05, 3.63) is 54.5 Å². The molecule has 1 N–H and O–H groups in total. The van der Waals surface area contributed by atoms with Gasteiger partial charge in [0, 0.05) is 23.9 Å². The summed E-state index contributed by atoms with van der Waals surface area (Å²) < 4.78 is 5.21. The molecular weight excluding hydrogens is 336 g/mol. The van der Waals surface area contributed by atoms with E-state index in [1.54, 1.807) is 24.1 Å². The Morgan fingerprint density at radius 3 is 2.56 bits per heavy atom. The number of nitrogens with zero attached hydrogens (tertiary/aromatic N) is 1. The van der Waals surface area contributed by atoms with Crippen LogP contribution in [0.2, 0.25) is 0 Å². The van der Waals surface area contributed by atoms with E-state index in [-0.39, 0.29) is 17.7 Å². The first-order chi connectivity index (χ1) is 12.2. The lowest BCUT2D eigenvalue weighted by molar-refractivity contribution is -0.133. The third-order valence-corrected chi connectivity index (χ3v) is 5.34. The SMILES string of the molecule is O=C(NCc1ccco1)C1CCN(C(=O)CSc2ccccc2)CC1. The Kier molecular flexibility index (Phi) is 6.17. The highest BCUT2D eigenvalue weighted by atomic mass is 32.2. The van der Waals surface area contributed by atoms with Crippen molar-refractivity contribution in [3.63, 3.8) is 0 Å². The summed E-state index contributed by atoms with van der Waals surface area (Å²) in [4.78, 5) is 27.5. The average Bonchev–Trinajstić information content (AvgIpc) is 3.19. The highest BCUT2D eigenvalue weighted by molar-refractivity contribution is 8.00. The van der Waals surface area contributed by atoms with Crippen molar-refractivity contribution in [1.29, 1.82) is 0 Å². The molecule has 0 bridgehead atoms. The number of thioether (sulfide) groups is 1. The number of furan rings is 1.